The van der Waals surface area contributed by atoms with Crippen molar-refractivity contribution in [3.05, 3.63) is 29.0 Å². The fraction of sp³-hybridized carbons (Fsp3) is 0.545. The molecule has 4 rings (SSSR count). The Hall–Kier alpha value is -2.28. The molecular weight excluding hydrogens is 322 g/mol. The van der Waals surface area contributed by atoms with E-state index in [9.17, 15) is 5.26 Å². The molecular formula is C22H27N3O. The molecule has 1 aromatic heterocycles. The van der Waals surface area contributed by atoms with Gasteiger partial charge in [-0.3, -0.25) is 4.98 Å². The average molecular weight is 349 g/mol. The number of ether oxygens (including phenoxy) is 1. The molecule has 0 saturated heterocycles. The standard InChI is InChI=1S/C22H27N3O/c1-26-21-13-18-20(12-15(21)14-23)25-19-11-7-3-6-10-17(19)22(18)24-16-8-4-2-5-9-16/h12-13,16H,2-11H2,1H3,(H,24,25). The maximum atomic E-state index is 9.45. The molecule has 1 fully saturated rings. The van der Waals surface area contributed by atoms with Gasteiger partial charge in [-0.05, 0) is 56.2 Å². The summed E-state index contributed by atoms with van der Waals surface area (Å²) in [6, 6.07) is 6.70. The molecule has 1 aromatic carbocycles. The van der Waals surface area contributed by atoms with Crippen molar-refractivity contribution in [3.8, 4) is 11.8 Å². The van der Waals surface area contributed by atoms with Crippen LogP contribution in [0.3, 0.4) is 0 Å². The first-order chi connectivity index (χ1) is 12.8. The fourth-order valence-corrected chi connectivity index (χ4v) is 4.50. The van der Waals surface area contributed by atoms with Gasteiger partial charge < -0.3 is 10.1 Å². The minimum Gasteiger partial charge on any atom is -0.495 e. The van der Waals surface area contributed by atoms with Gasteiger partial charge in [-0.25, -0.2) is 0 Å². The Balaban J connectivity index is 1.88. The zero-order valence-electron chi connectivity index (χ0n) is 15.6. The number of aryl methyl sites for hydroxylation is 1. The molecule has 2 aromatic rings. The molecule has 0 aliphatic heterocycles. The van der Waals surface area contributed by atoms with E-state index in [1.807, 2.05) is 12.1 Å². The maximum Gasteiger partial charge on any atom is 0.137 e. The van der Waals surface area contributed by atoms with Gasteiger partial charge in [-0.15, -0.1) is 0 Å². The molecule has 4 heteroatoms. The summed E-state index contributed by atoms with van der Waals surface area (Å²) in [5.41, 5.74) is 5.35. The number of methoxy groups -OCH3 is 1. The normalized spacial score (nSPS) is 18.0. The summed E-state index contributed by atoms with van der Waals surface area (Å²) in [5.74, 6) is 0.641. The minimum absolute atomic E-state index is 0.545. The Morgan fingerprint density at radius 3 is 2.62 bits per heavy atom. The van der Waals surface area contributed by atoms with E-state index in [1.165, 1.54) is 68.3 Å². The van der Waals surface area contributed by atoms with Crippen molar-refractivity contribution >= 4 is 16.6 Å². The highest BCUT2D eigenvalue weighted by Crippen LogP contribution is 2.37. The van der Waals surface area contributed by atoms with Crippen LogP contribution in [-0.4, -0.2) is 18.1 Å². The predicted octanol–water partition coefficient (Wildman–Crippen LogP) is 5.13. The second kappa shape index (κ2) is 7.53. The van der Waals surface area contributed by atoms with Crippen LogP contribution in [0.4, 0.5) is 5.69 Å². The molecule has 0 atom stereocenters. The van der Waals surface area contributed by atoms with Crippen molar-refractivity contribution in [1.29, 1.82) is 5.26 Å². The number of anilines is 1. The van der Waals surface area contributed by atoms with Crippen LogP contribution in [-0.2, 0) is 12.8 Å². The van der Waals surface area contributed by atoms with Crippen LogP contribution in [0.5, 0.6) is 5.75 Å². The largest absolute Gasteiger partial charge is 0.495 e. The highest BCUT2D eigenvalue weighted by Gasteiger charge is 2.22. The van der Waals surface area contributed by atoms with Gasteiger partial charge in [0.05, 0.1) is 18.2 Å². The second-order valence-electron chi connectivity index (χ2n) is 7.63. The van der Waals surface area contributed by atoms with Crippen molar-refractivity contribution < 1.29 is 4.74 Å². The van der Waals surface area contributed by atoms with E-state index in [0.717, 1.165) is 23.7 Å². The molecule has 0 spiro atoms. The highest BCUT2D eigenvalue weighted by atomic mass is 16.5. The molecule has 26 heavy (non-hydrogen) atoms. The van der Waals surface area contributed by atoms with E-state index in [4.69, 9.17) is 9.72 Å². The quantitative estimate of drug-likeness (QED) is 0.781. The van der Waals surface area contributed by atoms with Gasteiger partial charge in [-0.1, -0.05) is 25.7 Å². The molecule has 136 valence electrons. The Kier molecular flexibility index (Phi) is 4.97. The number of fused-ring (bicyclic) bond motifs is 2. The zero-order chi connectivity index (χ0) is 17.9. The number of nitrogens with one attached hydrogen (secondary N) is 1. The first-order valence-corrected chi connectivity index (χ1v) is 10.0. The van der Waals surface area contributed by atoms with Gasteiger partial charge in [0, 0.05) is 22.8 Å². The van der Waals surface area contributed by atoms with Crippen LogP contribution in [0, 0.1) is 11.3 Å². The van der Waals surface area contributed by atoms with Crippen molar-refractivity contribution in [2.75, 3.05) is 12.4 Å². The molecule has 1 saturated carbocycles. The van der Waals surface area contributed by atoms with Gasteiger partial charge in [-0.2, -0.15) is 5.26 Å². The van der Waals surface area contributed by atoms with E-state index < -0.39 is 0 Å². The third-order valence-corrected chi connectivity index (χ3v) is 5.91. The summed E-state index contributed by atoms with van der Waals surface area (Å²) < 4.78 is 5.48. The number of aromatic nitrogens is 1. The lowest BCUT2D eigenvalue weighted by Gasteiger charge is -2.27. The van der Waals surface area contributed by atoms with Crippen LogP contribution < -0.4 is 10.1 Å². The van der Waals surface area contributed by atoms with Crippen molar-refractivity contribution in [2.45, 2.75) is 70.3 Å². The molecule has 2 aliphatic carbocycles. The lowest BCUT2D eigenvalue weighted by atomic mass is 9.93. The maximum absolute atomic E-state index is 9.45. The van der Waals surface area contributed by atoms with Crippen molar-refractivity contribution in [2.24, 2.45) is 0 Å². The molecule has 1 heterocycles. The molecule has 4 nitrogen and oxygen atoms in total. The molecule has 0 radical (unpaired) electrons. The van der Waals surface area contributed by atoms with E-state index in [0.29, 0.717) is 17.4 Å². The molecule has 0 bridgehead atoms. The topological polar surface area (TPSA) is 57.9 Å². The van der Waals surface area contributed by atoms with Gasteiger partial charge in [0.2, 0.25) is 0 Å². The first kappa shape index (κ1) is 17.1. The second-order valence-corrected chi connectivity index (χ2v) is 7.63. The third-order valence-electron chi connectivity index (χ3n) is 5.91. The number of nitrogens with zero attached hydrogens (tertiary/aromatic N) is 2. The zero-order valence-corrected chi connectivity index (χ0v) is 15.6. The summed E-state index contributed by atoms with van der Waals surface area (Å²) in [4.78, 5) is 4.97. The SMILES string of the molecule is COc1cc2c(NC3CCCCC3)c3c(nc2cc1C#N)CCCCC3. The molecule has 0 amide bonds. The number of hydrogen-bond donors (Lipinski definition) is 1. The monoisotopic (exact) mass is 349 g/mol. The summed E-state index contributed by atoms with van der Waals surface area (Å²) in [7, 11) is 1.63. The third kappa shape index (κ3) is 3.23. The summed E-state index contributed by atoms with van der Waals surface area (Å²) in [5, 5.41) is 14.4. The minimum atomic E-state index is 0.545. The van der Waals surface area contributed by atoms with Crippen LogP contribution >= 0.6 is 0 Å². The van der Waals surface area contributed by atoms with Crippen LogP contribution in [0.15, 0.2) is 12.1 Å². The highest BCUT2D eigenvalue weighted by molar-refractivity contribution is 5.95. The summed E-state index contributed by atoms with van der Waals surface area (Å²) >= 11 is 0. The molecule has 2 aliphatic rings. The van der Waals surface area contributed by atoms with E-state index >= 15 is 0 Å². The van der Waals surface area contributed by atoms with Gasteiger partial charge in [0.1, 0.15) is 11.8 Å². The molecule has 0 unspecified atom stereocenters. The number of hydrogen-bond acceptors (Lipinski definition) is 4. The number of pyridine rings is 1. The smallest absolute Gasteiger partial charge is 0.137 e. The first-order valence-electron chi connectivity index (χ1n) is 10.0. The van der Waals surface area contributed by atoms with Crippen molar-refractivity contribution in [1.82, 2.24) is 4.98 Å². The van der Waals surface area contributed by atoms with Crippen LogP contribution in [0.25, 0.3) is 10.9 Å². The Morgan fingerprint density at radius 2 is 1.85 bits per heavy atom. The Bertz CT molecular complexity index is 847. The Morgan fingerprint density at radius 1 is 1.08 bits per heavy atom. The molecule has 1 N–H and O–H groups in total. The van der Waals surface area contributed by atoms with E-state index in [1.54, 1.807) is 7.11 Å². The summed E-state index contributed by atoms with van der Waals surface area (Å²) in [6.07, 6.45) is 12.3. The van der Waals surface area contributed by atoms with Crippen LogP contribution in [0.2, 0.25) is 0 Å². The fourth-order valence-electron chi connectivity index (χ4n) is 4.50. The van der Waals surface area contributed by atoms with Crippen LogP contribution in [0.1, 0.15) is 68.2 Å². The summed E-state index contributed by atoms with van der Waals surface area (Å²) in [6.45, 7) is 0. The predicted molar refractivity (Wildman–Crippen MR) is 105 cm³/mol. The lowest BCUT2D eigenvalue weighted by Crippen LogP contribution is -2.23. The average Bonchev–Trinajstić information content (AvgIpc) is 2.93. The van der Waals surface area contributed by atoms with E-state index in [2.05, 4.69) is 11.4 Å². The van der Waals surface area contributed by atoms with Crippen molar-refractivity contribution in [3.63, 3.8) is 0 Å². The number of rotatable bonds is 3. The van der Waals surface area contributed by atoms with E-state index in [-0.39, 0.29) is 0 Å². The Labute approximate surface area is 155 Å². The van der Waals surface area contributed by atoms with Gasteiger partial charge in [0.15, 0.2) is 0 Å². The number of nitriles is 1. The number of benzene rings is 1. The lowest BCUT2D eigenvalue weighted by molar-refractivity contribution is 0.414. The van der Waals surface area contributed by atoms with Gasteiger partial charge in [0.25, 0.3) is 0 Å². The van der Waals surface area contributed by atoms with Gasteiger partial charge >= 0.3 is 0 Å².